The van der Waals surface area contributed by atoms with E-state index in [2.05, 4.69) is 37.2 Å². The Morgan fingerprint density at radius 2 is 2.14 bits per heavy atom. The Morgan fingerprint density at radius 3 is 2.86 bits per heavy atom. The number of piperidine rings is 1. The SMILES string of the molecule is CCNC(=NCCNS(=O)(=O)c1cccnc1)NCCN1CCCCC1CC. The molecule has 2 heterocycles. The van der Waals surface area contributed by atoms with Gasteiger partial charge >= 0.3 is 0 Å². The lowest BCUT2D eigenvalue weighted by Crippen LogP contribution is -2.46. The minimum atomic E-state index is -3.54. The first-order valence-electron chi connectivity index (χ1n) is 10.2. The maximum Gasteiger partial charge on any atom is 0.242 e. The van der Waals surface area contributed by atoms with E-state index in [0.717, 1.165) is 19.6 Å². The molecular weight excluding hydrogens is 376 g/mol. The van der Waals surface area contributed by atoms with Gasteiger partial charge in [0.15, 0.2) is 5.96 Å². The summed E-state index contributed by atoms with van der Waals surface area (Å²) in [7, 11) is -3.54. The highest BCUT2D eigenvalue weighted by Gasteiger charge is 2.20. The van der Waals surface area contributed by atoms with E-state index in [1.807, 2.05) is 6.92 Å². The largest absolute Gasteiger partial charge is 0.357 e. The van der Waals surface area contributed by atoms with E-state index in [4.69, 9.17) is 0 Å². The summed E-state index contributed by atoms with van der Waals surface area (Å²) in [6, 6.07) is 3.82. The molecule has 3 N–H and O–H groups in total. The fourth-order valence-electron chi connectivity index (χ4n) is 3.41. The van der Waals surface area contributed by atoms with Gasteiger partial charge in [-0.15, -0.1) is 0 Å². The van der Waals surface area contributed by atoms with Crippen molar-refractivity contribution in [3.63, 3.8) is 0 Å². The summed E-state index contributed by atoms with van der Waals surface area (Å²) in [4.78, 5) is 11.0. The van der Waals surface area contributed by atoms with E-state index >= 15 is 0 Å². The Bertz CT molecular complexity index is 696. The number of rotatable bonds is 10. The van der Waals surface area contributed by atoms with Crippen LogP contribution < -0.4 is 15.4 Å². The molecule has 9 heteroatoms. The maximum atomic E-state index is 12.2. The smallest absolute Gasteiger partial charge is 0.242 e. The van der Waals surface area contributed by atoms with Crippen LogP contribution in [0.2, 0.25) is 0 Å². The Morgan fingerprint density at radius 1 is 1.29 bits per heavy atom. The number of aromatic nitrogens is 1. The molecule has 1 aliphatic rings. The fraction of sp³-hybridized carbons (Fsp3) is 0.684. The Balaban J connectivity index is 1.77. The summed E-state index contributed by atoms with van der Waals surface area (Å²) in [6.45, 7) is 8.61. The number of sulfonamides is 1. The van der Waals surface area contributed by atoms with E-state index in [-0.39, 0.29) is 11.4 Å². The number of likely N-dealkylation sites (tertiary alicyclic amines) is 1. The van der Waals surface area contributed by atoms with E-state index in [1.165, 1.54) is 44.5 Å². The van der Waals surface area contributed by atoms with Gasteiger partial charge in [-0.1, -0.05) is 13.3 Å². The minimum Gasteiger partial charge on any atom is -0.357 e. The molecule has 158 valence electrons. The third-order valence-corrected chi connectivity index (χ3v) is 6.32. The highest BCUT2D eigenvalue weighted by molar-refractivity contribution is 7.89. The summed E-state index contributed by atoms with van der Waals surface area (Å²) >= 11 is 0. The molecule has 1 aromatic rings. The van der Waals surface area contributed by atoms with Crippen molar-refractivity contribution < 1.29 is 8.42 Å². The Labute approximate surface area is 169 Å². The predicted molar refractivity (Wildman–Crippen MR) is 113 cm³/mol. The molecule has 0 amide bonds. The summed E-state index contributed by atoms with van der Waals surface area (Å²) in [6.07, 6.45) is 7.99. The molecule has 2 rings (SSSR count). The highest BCUT2D eigenvalue weighted by atomic mass is 32.2. The number of nitrogens with zero attached hydrogens (tertiary/aromatic N) is 3. The zero-order valence-electron chi connectivity index (χ0n) is 17.0. The van der Waals surface area contributed by atoms with Crippen molar-refractivity contribution in [2.24, 2.45) is 4.99 Å². The molecule has 0 spiro atoms. The van der Waals surface area contributed by atoms with Crippen LogP contribution in [0.15, 0.2) is 34.4 Å². The van der Waals surface area contributed by atoms with Gasteiger partial charge in [0.2, 0.25) is 10.0 Å². The summed E-state index contributed by atoms with van der Waals surface area (Å²) in [5.41, 5.74) is 0. The molecule has 1 saturated heterocycles. The molecule has 0 bridgehead atoms. The lowest BCUT2D eigenvalue weighted by atomic mass is 10.0. The lowest BCUT2D eigenvalue weighted by Gasteiger charge is -2.35. The molecule has 1 aliphatic heterocycles. The van der Waals surface area contributed by atoms with Crippen molar-refractivity contribution in [1.82, 2.24) is 25.2 Å². The van der Waals surface area contributed by atoms with Gasteiger partial charge in [0.05, 0.1) is 6.54 Å². The quantitative estimate of drug-likeness (QED) is 0.304. The third-order valence-electron chi connectivity index (χ3n) is 4.87. The molecule has 1 fully saturated rings. The molecule has 8 nitrogen and oxygen atoms in total. The van der Waals surface area contributed by atoms with Gasteiger partial charge in [0.25, 0.3) is 0 Å². The van der Waals surface area contributed by atoms with Gasteiger partial charge in [0, 0.05) is 44.6 Å². The van der Waals surface area contributed by atoms with Crippen LogP contribution >= 0.6 is 0 Å². The first kappa shape index (κ1) is 22.6. The zero-order chi connectivity index (χ0) is 20.2. The van der Waals surface area contributed by atoms with Crippen molar-refractivity contribution in [3.05, 3.63) is 24.5 Å². The molecule has 0 aliphatic carbocycles. The number of guanidine groups is 1. The molecule has 1 unspecified atom stereocenters. The van der Waals surface area contributed by atoms with Crippen LogP contribution in [0.25, 0.3) is 0 Å². The number of pyridine rings is 1. The Kier molecular flexibility index (Phi) is 9.66. The topological polar surface area (TPSA) is 98.7 Å². The number of hydrogen-bond donors (Lipinski definition) is 3. The molecule has 1 atom stereocenters. The average molecular weight is 411 g/mol. The third kappa shape index (κ3) is 7.37. The van der Waals surface area contributed by atoms with E-state index in [0.29, 0.717) is 18.5 Å². The lowest BCUT2D eigenvalue weighted by molar-refractivity contribution is 0.147. The standard InChI is InChI=1S/C19H34N6O2S/c1-3-17-8-5-6-14-25(17)15-13-23-19(21-4-2)22-11-12-24-28(26,27)18-9-7-10-20-16-18/h7,9-10,16-17,24H,3-6,8,11-15H2,1-2H3,(H2,21,22,23). The van der Waals surface area contributed by atoms with E-state index in [1.54, 1.807) is 12.3 Å². The maximum absolute atomic E-state index is 12.2. The van der Waals surface area contributed by atoms with Crippen molar-refractivity contribution >= 4 is 16.0 Å². The second-order valence-corrected chi connectivity index (χ2v) is 8.63. The van der Waals surface area contributed by atoms with Crippen LogP contribution in [0.4, 0.5) is 0 Å². The zero-order valence-corrected chi connectivity index (χ0v) is 17.8. The van der Waals surface area contributed by atoms with Crippen LogP contribution in [0.3, 0.4) is 0 Å². The van der Waals surface area contributed by atoms with Crippen molar-refractivity contribution in [1.29, 1.82) is 0 Å². The molecule has 0 aromatic carbocycles. The summed E-state index contributed by atoms with van der Waals surface area (Å²) in [5, 5.41) is 6.56. The van der Waals surface area contributed by atoms with Crippen LogP contribution in [-0.4, -0.2) is 69.6 Å². The monoisotopic (exact) mass is 410 g/mol. The van der Waals surface area contributed by atoms with Crippen molar-refractivity contribution in [2.75, 3.05) is 39.3 Å². The molecule has 0 saturated carbocycles. The molecular formula is C19H34N6O2S. The van der Waals surface area contributed by atoms with Gasteiger partial charge in [0.1, 0.15) is 4.90 Å². The number of nitrogens with one attached hydrogen (secondary N) is 3. The average Bonchev–Trinajstić information content (AvgIpc) is 2.72. The van der Waals surface area contributed by atoms with Gasteiger partial charge < -0.3 is 10.6 Å². The first-order chi connectivity index (χ1) is 13.6. The Hall–Kier alpha value is -1.71. The van der Waals surface area contributed by atoms with E-state index < -0.39 is 10.0 Å². The van der Waals surface area contributed by atoms with Crippen LogP contribution in [0, 0.1) is 0 Å². The van der Waals surface area contributed by atoms with Crippen LogP contribution in [-0.2, 0) is 10.0 Å². The van der Waals surface area contributed by atoms with Gasteiger partial charge in [-0.25, -0.2) is 13.1 Å². The number of hydrogen-bond acceptors (Lipinski definition) is 5. The normalized spacial score (nSPS) is 18.8. The summed E-state index contributed by atoms with van der Waals surface area (Å²) in [5.74, 6) is 0.716. The first-order valence-corrected chi connectivity index (χ1v) is 11.7. The second kappa shape index (κ2) is 12.0. The van der Waals surface area contributed by atoms with Crippen LogP contribution in [0.1, 0.15) is 39.5 Å². The minimum absolute atomic E-state index is 0.163. The van der Waals surface area contributed by atoms with Crippen molar-refractivity contribution in [3.8, 4) is 0 Å². The van der Waals surface area contributed by atoms with Gasteiger partial charge in [-0.3, -0.25) is 14.9 Å². The highest BCUT2D eigenvalue weighted by Crippen LogP contribution is 2.18. The van der Waals surface area contributed by atoms with E-state index in [9.17, 15) is 8.42 Å². The predicted octanol–water partition coefficient (Wildman–Crippen LogP) is 1.18. The number of aliphatic imine (C=N–C) groups is 1. The van der Waals surface area contributed by atoms with Gasteiger partial charge in [-0.2, -0.15) is 0 Å². The van der Waals surface area contributed by atoms with Gasteiger partial charge in [-0.05, 0) is 44.9 Å². The van der Waals surface area contributed by atoms with Crippen molar-refractivity contribution in [2.45, 2.75) is 50.5 Å². The fourth-order valence-corrected chi connectivity index (χ4v) is 4.40. The summed E-state index contributed by atoms with van der Waals surface area (Å²) < 4.78 is 26.9. The molecule has 0 radical (unpaired) electrons. The van der Waals surface area contributed by atoms with Crippen LogP contribution in [0.5, 0.6) is 0 Å². The second-order valence-electron chi connectivity index (χ2n) is 6.87. The molecule has 1 aromatic heterocycles. The molecule has 28 heavy (non-hydrogen) atoms.